The second-order valence-electron chi connectivity index (χ2n) is 6.67. The SMILES string of the molecule is CCNC(=NCc1cc(C(CC)CC)no1)NC1CCN(C(N)=O)CC1. The molecule has 1 aliphatic heterocycles. The lowest BCUT2D eigenvalue weighted by Gasteiger charge is -2.32. The highest BCUT2D eigenvalue weighted by Crippen LogP contribution is 2.22. The maximum absolute atomic E-state index is 11.2. The number of guanidine groups is 1. The lowest BCUT2D eigenvalue weighted by atomic mass is 9.99. The number of likely N-dealkylation sites (tertiary alicyclic amines) is 1. The second-order valence-corrected chi connectivity index (χ2v) is 6.67. The first-order chi connectivity index (χ1) is 12.6. The molecule has 2 rings (SSSR count). The van der Waals surface area contributed by atoms with E-state index in [1.807, 2.05) is 13.0 Å². The number of piperidine rings is 1. The molecule has 2 heterocycles. The van der Waals surface area contributed by atoms with Gasteiger partial charge in [-0.05, 0) is 32.6 Å². The molecule has 1 saturated heterocycles. The first-order valence-electron chi connectivity index (χ1n) is 9.62. The molecule has 0 atom stereocenters. The molecule has 4 N–H and O–H groups in total. The highest BCUT2D eigenvalue weighted by atomic mass is 16.5. The molecule has 26 heavy (non-hydrogen) atoms. The van der Waals surface area contributed by atoms with E-state index in [2.05, 4.69) is 34.6 Å². The smallest absolute Gasteiger partial charge is 0.314 e. The molecule has 0 spiro atoms. The first-order valence-corrected chi connectivity index (χ1v) is 9.62. The van der Waals surface area contributed by atoms with Crippen LogP contribution in [0.5, 0.6) is 0 Å². The van der Waals surface area contributed by atoms with Gasteiger partial charge in [-0.1, -0.05) is 19.0 Å². The summed E-state index contributed by atoms with van der Waals surface area (Å²) in [5.41, 5.74) is 6.34. The molecule has 0 aromatic carbocycles. The number of hydrogen-bond donors (Lipinski definition) is 3. The van der Waals surface area contributed by atoms with Gasteiger partial charge >= 0.3 is 6.03 Å². The van der Waals surface area contributed by atoms with Crippen LogP contribution >= 0.6 is 0 Å². The van der Waals surface area contributed by atoms with E-state index >= 15 is 0 Å². The summed E-state index contributed by atoms with van der Waals surface area (Å²) in [5.74, 6) is 1.97. The van der Waals surface area contributed by atoms with Gasteiger partial charge in [-0.2, -0.15) is 0 Å². The van der Waals surface area contributed by atoms with Crippen LogP contribution in [0.25, 0.3) is 0 Å². The molecule has 0 radical (unpaired) electrons. The third kappa shape index (κ3) is 5.64. The molecule has 8 heteroatoms. The Morgan fingerprint density at radius 2 is 2.08 bits per heavy atom. The first kappa shape index (κ1) is 20.1. The molecule has 1 aromatic heterocycles. The van der Waals surface area contributed by atoms with Crippen LogP contribution in [0.4, 0.5) is 4.79 Å². The van der Waals surface area contributed by atoms with E-state index in [0.717, 1.165) is 49.6 Å². The molecule has 0 bridgehead atoms. The zero-order valence-electron chi connectivity index (χ0n) is 16.1. The number of rotatable bonds is 7. The number of aromatic nitrogens is 1. The van der Waals surface area contributed by atoms with E-state index in [4.69, 9.17) is 10.3 Å². The molecular formula is C18H32N6O2. The van der Waals surface area contributed by atoms with Crippen molar-refractivity contribution in [1.82, 2.24) is 20.7 Å². The largest absolute Gasteiger partial charge is 0.359 e. The highest BCUT2D eigenvalue weighted by Gasteiger charge is 2.21. The van der Waals surface area contributed by atoms with Crippen molar-refractivity contribution in [3.05, 3.63) is 17.5 Å². The Hall–Kier alpha value is -2.25. The number of amides is 2. The number of nitrogens with one attached hydrogen (secondary N) is 2. The van der Waals surface area contributed by atoms with Gasteiger partial charge in [0.1, 0.15) is 6.54 Å². The van der Waals surface area contributed by atoms with Gasteiger partial charge < -0.3 is 25.8 Å². The van der Waals surface area contributed by atoms with Crippen molar-refractivity contribution in [2.24, 2.45) is 10.7 Å². The summed E-state index contributed by atoms with van der Waals surface area (Å²) in [6, 6.07) is 1.94. The number of carbonyl (C=O) groups is 1. The molecule has 0 unspecified atom stereocenters. The van der Waals surface area contributed by atoms with Gasteiger partial charge in [0.2, 0.25) is 0 Å². The third-order valence-corrected chi connectivity index (χ3v) is 4.87. The number of nitrogens with zero attached hydrogens (tertiary/aromatic N) is 3. The number of carbonyl (C=O) groups excluding carboxylic acids is 1. The van der Waals surface area contributed by atoms with E-state index in [1.54, 1.807) is 4.90 Å². The van der Waals surface area contributed by atoms with Gasteiger partial charge in [0.15, 0.2) is 11.7 Å². The van der Waals surface area contributed by atoms with Crippen molar-refractivity contribution < 1.29 is 9.32 Å². The van der Waals surface area contributed by atoms with E-state index in [1.165, 1.54) is 0 Å². The molecule has 0 saturated carbocycles. The van der Waals surface area contributed by atoms with Gasteiger partial charge in [0.25, 0.3) is 0 Å². The van der Waals surface area contributed by atoms with Crippen LogP contribution in [0.2, 0.25) is 0 Å². The molecule has 1 aliphatic rings. The lowest BCUT2D eigenvalue weighted by molar-refractivity contribution is 0.188. The zero-order valence-corrected chi connectivity index (χ0v) is 16.1. The van der Waals surface area contributed by atoms with Gasteiger partial charge in [-0.25, -0.2) is 9.79 Å². The van der Waals surface area contributed by atoms with E-state index in [0.29, 0.717) is 25.6 Å². The Balaban J connectivity index is 1.91. The topological polar surface area (TPSA) is 109 Å². The van der Waals surface area contributed by atoms with Crippen LogP contribution in [-0.2, 0) is 6.54 Å². The van der Waals surface area contributed by atoms with Gasteiger partial charge in [0, 0.05) is 37.7 Å². The Labute approximate surface area is 155 Å². The Morgan fingerprint density at radius 3 is 2.65 bits per heavy atom. The summed E-state index contributed by atoms with van der Waals surface area (Å²) in [5, 5.41) is 10.9. The summed E-state index contributed by atoms with van der Waals surface area (Å²) in [7, 11) is 0. The van der Waals surface area contributed by atoms with Crippen LogP contribution in [0.15, 0.2) is 15.6 Å². The number of nitrogens with two attached hydrogens (primary N) is 1. The normalized spacial score (nSPS) is 16.2. The lowest BCUT2D eigenvalue weighted by Crippen LogP contribution is -2.50. The number of primary amides is 1. The number of aliphatic imine (C=N–C) groups is 1. The van der Waals surface area contributed by atoms with E-state index in [9.17, 15) is 4.79 Å². The van der Waals surface area contributed by atoms with Crippen LogP contribution in [0.3, 0.4) is 0 Å². The van der Waals surface area contributed by atoms with Crippen molar-refractivity contribution >= 4 is 12.0 Å². The zero-order chi connectivity index (χ0) is 18.9. The van der Waals surface area contributed by atoms with Gasteiger partial charge in [-0.15, -0.1) is 0 Å². The van der Waals surface area contributed by atoms with Crippen LogP contribution in [0, 0.1) is 0 Å². The molecule has 2 amide bonds. The van der Waals surface area contributed by atoms with Crippen LogP contribution in [0.1, 0.15) is 63.8 Å². The van der Waals surface area contributed by atoms with Crippen molar-refractivity contribution in [2.75, 3.05) is 19.6 Å². The monoisotopic (exact) mass is 364 g/mol. The summed E-state index contributed by atoms with van der Waals surface area (Å²) in [4.78, 5) is 17.5. The quantitative estimate of drug-likeness (QED) is 0.507. The second kappa shape index (κ2) is 10.0. The van der Waals surface area contributed by atoms with Crippen LogP contribution in [-0.4, -0.2) is 47.7 Å². The fourth-order valence-electron chi connectivity index (χ4n) is 3.22. The standard InChI is InChI=1S/C18H32N6O2/c1-4-13(5-2)16-11-15(26-23-16)12-21-18(20-6-3)22-14-7-9-24(10-8-14)17(19)25/h11,13-14H,4-10,12H2,1-3H3,(H2,19,25)(H2,20,21,22). The fraction of sp³-hybridized carbons (Fsp3) is 0.722. The van der Waals surface area contributed by atoms with E-state index < -0.39 is 0 Å². The maximum atomic E-state index is 11.2. The summed E-state index contributed by atoms with van der Waals surface area (Å²) in [6.45, 7) is 8.94. The van der Waals surface area contributed by atoms with Gasteiger partial charge in [0.05, 0.1) is 5.69 Å². The fourth-order valence-corrected chi connectivity index (χ4v) is 3.22. The molecule has 8 nitrogen and oxygen atoms in total. The molecule has 1 fully saturated rings. The molecule has 0 aliphatic carbocycles. The van der Waals surface area contributed by atoms with E-state index in [-0.39, 0.29) is 12.1 Å². The Morgan fingerprint density at radius 1 is 1.38 bits per heavy atom. The summed E-state index contributed by atoms with van der Waals surface area (Å²) >= 11 is 0. The predicted molar refractivity (Wildman–Crippen MR) is 102 cm³/mol. The molecule has 146 valence electrons. The van der Waals surface area contributed by atoms with Gasteiger partial charge in [-0.3, -0.25) is 0 Å². The minimum absolute atomic E-state index is 0.276. The Bertz CT molecular complexity index is 588. The van der Waals surface area contributed by atoms with Crippen molar-refractivity contribution in [3.8, 4) is 0 Å². The average molecular weight is 364 g/mol. The van der Waals surface area contributed by atoms with Crippen molar-refractivity contribution in [1.29, 1.82) is 0 Å². The minimum Gasteiger partial charge on any atom is -0.359 e. The average Bonchev–Trinajstić information content (AvgIpc) is 3.10. The van der Waals surface area contributed by atoms with Crippen LogP contribution < -0.4 is 16.4 Å². The number of hydrogen-bond acceptors (Lipinski definition) is 4. The maximum Gasteiger partial charge on any atom is 0.314 e. The number of urea groups is 1. The summed E-state index contributed by atoms with van der Waals surface area (Å²) < 4.78 is 5.44. The highest BCUT2D eigenvalue weighted by molar-refractivity contribution is 5.80. The minimum atomic E-state index is -0.345. The Kier molecular flexibility index (Phi) is 7.74. The third-order valence-electron chi connectivity index (χ3n) is 4.87. The molecular weight excluding hydrogens is 332 g/mol. The van der Waals surface area contributed by atoms with Crippen molar-refractivity contribution in [3.63, 3.8) is 0 Å². The summed E-state index contributed by atoms with van der Waals surface area (Å²) in [6.07, 6.45) is 3.82. The predicted octanol–water partition coefficient (Wildman–Crippen LogP) is 2.18. The molecule has 1 aromatic rings. The van der Waals surface area contributed by atoms with Crippen molar-refractivity contribution in [2.45, 2.75) is 65.0 Å².